The molecule has 1 atom stereocenters. The van der Waals surface area contributed by atoms with E-state index >= 15 is 0 Å². The molecule has 0 aliphatic carbocycles. The Morgan fingerprint density at radius 2 is 2.00 bits per heavy atom. The molecule has 2 fully saturated rings. The summed E-state index contributed by atoms with van der Waals surface area (Å²) in [5, 5.41) is 7.97. The molecule has 2 aliphatic rings. The Morgan fingerprint density at radius 1 is 1.18 bits per heavy atom. The van der Waals surface area contributed by atoms with Crippen molar-refractivity contribution in [1.29, 1.82) is 0 Å². The minimum atomic E-state index is 0.0242. The monoisotopic (exact) mass is 386 g/mol. The molecule has 2 saturated heterocycles. The number of aryl methyl sites for hydroxylation is 2. The van der Waals surface area contributed by atoms with Gasteiger partial charge in [-0.2, -0.15) is 5.10 Å². The summed E-state index contributed by atoms with van der Waals surface area (Å²) in [6.07, 6.45) is 7.03. The maximum Gasteiger partial charge on any atom is 0.244 e. The number of aromatic nitrogens is 4. The summed E-state index contributed by atoms with van der Waals surface area (Å²) in [6.45, 7) is 5.06. The molecule has 0 radical (unpaired) electrons. The first-order valence-corrected chi connectivity index (χ1v) is 9.83. The predicted molar refractivity (Wildman–Crippen MR) is 99.0 cm³/mol. The number of carbonyl (C=O) groups excluding carboxylic acids is 2. The zero-order valence-electron chi connectivity index (χ0n) is 16.2. The van der Waals surface area contributed by atoms with Gasteiger partial charge in [0.05, 0.1) is 5.69 Å². The Labute approximate surface area is 163 Å². The minimum Gasteiger partial charge on any atom is -0.361 e. The Balaban J connectivity index is 1.31. The van der Waals surface area contributed by atoms with Gasteiger partial charge in [0.1, 0.15) is 25.0 Å². The van der Waals surface area contributed by atoms with Crippen LogP contribution in [-0.2, 0) is 22.6 Å². The quantitative estimate of drug-likeness (QED) is 0.762. The van der Waals surface area contributed by atoms with Gasteiger partial charge in [0.15, 0.2) is 0 Å². The molecule has 28 heavy (non-hydrogen) atoms. The summed E-state index contributed by atoms with van der Waals surface area (Å²) in [4.78, 5) is 33.0. The molecule has 1 unspecified atom stereocenters. The van der Waals surface area contributed by atoms with Crippen molar-refractivity contribution in [2.45, 2.75) is 45.6 Å². The highest BCUT2D eigenvalue weighted by Crippen LogP contribution is 2.39. The van der Waals surface area contributed by atoms with E-state index in [1.807, 2.05) is 22.8 Å². The van der Waals surface area contributed by atoms with E-state index in [2.05, 4.69) is 15.2 Å². The van der Waals surface area contributed by atoms with E-state index in [1.165, 1.54) is 6.33 Å². The molecule has 0 saturated carbocycles. The van der Waals surface area contributed by atoms with Gasteiger partial charge in [-0.05, 0) is 26.2 Å². The topological polar surface area (TPSA) is 97.4 Å². The summed E-state index contributed by atoms with van der Waals surface area (Å²) in [5.74, 6) is 0.986. The van der Waals surface area contributed by atoms with Gasteiger partial charge in [-0.25, -0.2) is 9.67 Å². The van der Waals surface area contributed by atoms with Gasteiger partial charge in [0.2, 0.25) is 11.8 Å². The van der Waals surface area contributed by atoms with Gasteiger partial charge < -0.3 is 14.3 Å². The molecular formula is C19H26N6O3. The minimum absolute atomic E-state index is 0.0242. The van der Waals surface area contributed by atoms with Crippen molar-refractivity contribution >= 4 is 11.8 Å². The Kier molecular flexibility index (Phi) is 5.15. The fourth-order valence-corrected chi connectivity index (χ4v) is 4.38. The smallest absolute Gasteiger partial charge is 0.244 e. The predicted octanol–water partition coefficient (Wildman–Crippen LogP) is 1.05. The van der Waals surface area contributed by atoms with E-state index < -0.39 is 0 Å². The fourth-order valence-electron chi connectivity index (χ4n) is 4.38. The summed E-state index contributed by atoms with van der Waals surface area (Å²) in [6, 6.07) is 1.88. The van der Waals surface area contributed by atoms with Gasteiger partial charge in [0, 0.05) is 50.5 Å². The van der Waals surface area contributed by atoms with E-state index in [0.29, 0.717) is 19.4 Å². The second-order valence-electron chi connectivity index (χ2n) is 8.01. The van der Waals surface area contributed by atoms with Crippen molar-refractivity contribution < 1.29 is 14.1 Å². The SMILES string of the molecule is Cc1cc(CCC(=O)N2CCCC3(CCN(C(=O)Cn4cncn4)C3)C2)no1. The fraction of sp³-hybridized carbons (Fsp3) is 0.632. The normalized spacial score (nSPS) is 22.2. The molecule has 4 rings (SSSR count). The average molecular weight is 386 g/mol. The lowest BCUT2D eigenvalue weighted by atomic mass is 9.79. The number of nitrogens with zero attached hydrogens (tertiary/aromatic N) is 6. The van der Waals surface area contributed by atoms with Crippen LogP contribution >= 0.6 is 0 Å². The summed E-state index contributed by atoms with van der Waals surface area (Å²) < 4.78 is 6.62. The standard InChI is InChI=1S/C19H26N6O3/c1-15-9-16(22-28-15)3-4-17(26)23-7-2-5-19(11-23)6-8-24(12-19)18(27)10-25-14-20-13-21-25/h9,13-14H,2-8,10-12H2,1H3. The number of amides is 2. The van der Waals surface area contributed by atoms with Crippen molar-refractivity contribution in [2.24, 2.45) is 5.41 Å². The number of piperidine rings is 1. The van der Waals surface area contributed by atoms with Gasteiger partial charge in [-0.1, -0.05) is 5.16 Å². The van der Waals surface area contributed by atoms with Gasteiger partial charge in [-0.3, -0.25) is 9.59 Å². The largest absolute Gasteiger partial charge is 0.361 e. The first kappa shape index (κ1) is 18.6. The lowest BCUT2D eigenvalue weighted by Crippen LogP contribution is -2.48. The van der Waals surface area contributed by atoms with Crippen LogP contribution in [0.1, 0.15) is 37.1 Å². The van der Waals surface area contributed by atoms with Crippen molar-refractivity contribution in [3.63, 3.8) is 0 Å². The van der Waals surface area contributed by atoms with E-state index in [1.54, 1.807) is 11.0 Å². The molecule has 0 aromatic carbocycles. The van der Waals surface area contributed by atoms with Crippen LogP contribution in [0.2, 0.25) is 0 Å². The Hall–Kier alpha value is -2.71. The third-order valence-corrected chi connectivity index (χ3v) is 5.84. The third kappa shape index (κ3) is 4.07. The van der Waals surface area contributed by atoms with Gasteiger partial charge in [0.25, 0.3) is 0 Å². The van der Waals surface area contributed by atoms with Gasteiger partial charge >= 0.3 is 0 Å². The van der Waals surface area contributed by atoms with Crippen LogP contribution in [-0.4, -0.2) is 67.7 Å². The van der Waals surface area contributed by atoms with E-state index in [4.69, 9.17) is 4.52 Å². The van der Waals surface area contributed by atoms with Crippen LogP contribution in [0.5, 0.6) is 0 Å². The van der Waals surface area contributed by atoms with Crippen LogP contribution in [0, 0.1) is 12.3 Å². The van der Waals surface area contributed by atoms with Crippen molar-refractivity contribution in [3.8, 4) is 0 Å². The molecule has 2 aromatic heterocycles. The van der Waals surface area contributed by atoms with Crippen LogP contribution in [0.3, 0.4) is 0 Å². The van der Waals surface area contributed by atoms with Crippen LogP contribution < -0.4 is 0 Å². The second-order valence-corrected chi connectivity index (χ2v) is 8.01. The molecule has 1 spiro atoms. The molecule has 4 heterocycles. The van der Waals surface area contributed by atoms with Crippen LogP contribution in [0.15, 0.2) is 23.2 Å². The summed E-state index contributed by atoms with van der Waals surface area (Å²) in [5.41, 5.74) is 0.847. The number of carbonyl (C=O) groups is 2. The molecule has 9 nitrogen and oxygen atoms in total. The zero-order valence-corrected chi connectivity index (χ0v) is 16.2. The lowest BCUT2D eigenvalue weighted by Gasteiger charge is -2.40. The molecule has 2 amide bonds. The molecular weight excluding hydrogens is 360 g/mol. The summed E-state index contributed by atoms with van der Waals surface area (Å²) >= 11 is 0. The number of hydrogen-bond acceptors (Lipinski definition) is 6. The molecule has 150 valence electrons. The highest BCUT2D eigenvalue weighted by atomic mass is 16.5. The first-order valence-electron chi connectivity index (χ1n) is 9.83. The Bertz CT molecular complexity index is 833. The molecule has 2 aliphatic heterocycles. The lowest BCUT2D eigenvalue weighted by molar-refractivity contribution is -0.135. The highest BCUT2D eigenvalue weighted by molar-refractivity contribution is 5.77. The van der Waals surface area contributed by atoms with E-state index in [9.17, 15) is 9.59 Å². The van der Waals surface area contributed by atoms with Crippen molar-refractivity contribution in [2.75, 3.05) is 26.2 Å². The molecule has 9 heteroatoms. The van der Waals surface area contributed by atoms with E-state index in [0.717, 1.165) is 50.4 Å². The van der Waals surface area contributed by atoms with Crippen LogP contribution in [0.4, 0.5) is 0 Å². The molecule has 2 aromatic rings. The molecule has 0 bridgehead atoms. The molecule has 0 N–H and O–H groups in total. The number of rotatable bonds is 5. The first-order chi connectivity index (χ1) is 13.5. The van der Waals surface area contributed by atoms with E-state index in [-0.39, 0.29) is 23.8 Å². The second kappa shape index (κ2) is 7.73. The third-order valence-electron chi connectivity index (χ3n) is 5.84. The van der Waals surface area contributed by atoms with Gasteiger partial charge in [-0.15, -0.1) is 0 Å². The summed E-state index contributed by atoms with van der Waals surface area (Å²) in [7, 11) is 0. The van der Waals surface area contributed by atoms with Crippen LogP contribution in [0.25, 0.3) is 0 Å². The number of hydrogen-bond donors (Lipinski definition) is 0. The highest BCUT2D eigenvalue weighted by Gasteiger charge is 2.43. The average Bonchev–Trinajstić information content (AvgIpc) is 3.42. The number of likely N-dealkylation sites (tertiary alicyclic amines) is 2. The maximum absolute atomic E-state index is 12.7. The Morgan fingerprint density at radius 3 is 2.71 bits per heavy atom. The van der Waals surface area contributed by atoms with Crippen molar-refractivity contribution in [1.82, 2.24) is 29.7 Å². The maximum atomic E-state index is 12.7. The van der Waals surface area contributed by atoms with Crippen molar-refractivity contribution in [3.05, 3.63) is 30.2 Å². The zero-order chi connectivity index (χ0) is 19.6.